The summed E-state index contributed by atoms with van der Waals surface area (Å²) >= 11 is 0. The summed E-state index contributed by atoms with van der Waals surface area (Å²) in [5.41, 5.74) is 1.52. The molecule has 0 aliphatic carbocycles. The maximum atomic E-state index is 13.0. The van der Waals surface area contributed by atoms with Gasteiger partial charge in [0.25, 0.3) is 5.91 Å². The summed E-state index contributed by atoms with van der Waals surface area (Å²) in [5.74, 6) is 0.396. The fourth-order valence-corrected chi connectivity index (χ4v) is 3.62. The minimum absolute atomic E-state index is 0.197. The number of nitrogens with zero attached hydrogens (tertiary/aromatic N) is 3. The van der Waals surface area contributed by atoms with Gasteiger partial charge in [-0.1, -0.05) is 32.0 Å². The number of H-pyrrole nitrogens is 1. The molecule has 1 atom stereocenters. The van der Waals surface area contributed by atoms with Gasteiger partial charge in [0, 0.05) is 17.7 Å². The Labute approximate surface area is 177 Å². The van der Waals surface area contributed by atoms with E-state index >= 15 is 0 Å². The second-order valence-corrected chi connectivity index (χ2v) is 8.82. The van der Waals surface area contributed by atoms with E-state index in [1.807, 2.05) is 64.9 Å². The van der Waals surface area contributed by atoms with Crippen molar-refractivity contribution in [3.05, 3.63) is 47.2 Å². The second-order valence-electron chi connectivity index (χ2n) is 8.82. The molecule has 1 aromatic carbocycles. The lowest BCUT2D eigenvalue weighted by Crippen LogP contribution is -2.44. The standard InChI is InChI=1S/C22H31N5O3/c1-14(2)17(13-26(5)6)30-21(29)27-12-16-18(22(27,3)4)24-25-19(16)23-20(28)15-10-8-7-9-11-15/h7-11,14,17H,12-13H2,1-6H3,(H2,23,24,25,28). The first-order chi connectivity index (χ1) is 14.1. The summed E-state index contributed by atoms with van der Waals surface area (Å²) in [6.07, 6.45) is -0.580. The zero-order valence-corrected chi connectivity index (χ0v) is 18.5. The van der Waals surface area contributed by atoms with Gasteiger partial charge in [0.15, 0.2) is 5.82 Å². The Kier molecular flexibility index (Phi) is 6.17. The van der Waals surface area contributed by atoms with Crippen molar-refractivity contribution in [3.63, 3.8) is 0 Å². The number of aromatic nitrogens is 2. The second kappa shape index (κ2) is 8.47. The molecule has 0 radical (unpaired) electrons. The molecule has 1 unspecified atom stereocenters. The first-order valence-electron chi connectivity index (χ1n) is 10.2. The van der Waals surface area contributed by atoms with Crippen molar-refractivity contribution in [2.45, 2.75) is 45.9 Å². The zero-order valence-electron chi connectivity index (χ0n) is 18.5. The van der Waals surface area contributed by atoms with Crippen molar-refractivity contribution in [2.24, 2.45) is 5.92 Å². The molecule has 2 N–H and O–H groups in total. The number of amides is 2. The van der Waals surface area contributed by atoms with Crippen LogP contribution < -0.4 is 5.32 Å². The van der Waals surface area contributed by atoms with E-state index in [1.54, 1.807) is 17.0 Å². The third-order valence-electron chi connectivity index (χ3n) is 5.50. The number of rotatable bonds is 6. The van der Waals surface area contributed by atoms with Crippen LogP contribution >= 0.6 is 0 Å². The number of aromatic amines is 1. The van der Waals surface area contributed by atoms with Crippen LogP contribution in [0.5, 0.6) is 0 Å². The van der Waals surface area contributed by atoms with E-state index in [1.165, 1.54) is 0 Å². The minimum Gasteiger partial charge on any atom is -0.444 e. The van der Waals surface area contributed by atoms with Crippen molar-refractivity contribution in [1.29, 1.82) is 0 Å². The highest BCUT2D eigenvalue weighted by Crippen LogP contribution is 2.41. The average molecular weight is 414 g/mol. The van der Waals surface area contributed by atoms with E-state index in [4.69, 9.17) is 4.74 Å². The molecule has 8 nitrogen and oxygen atoms in total. The number of hydrogen-bond acceptors (Lipinski definition) is 5. The van der Waals surface area contributed by atoms with Crippen LogP contribution in [-0.2, 0) is 16.8 Å². The number of likely N-dealkylation sites (N-methyl/N-ethyl adjacent to an activating group) is 1. The van der Waals surface area contributed by atoms with Crippen LogP contribution in [0.4, 0.5) is 10.6 Å². The largest absolute Gasteiger partial charge is 0.444 e. The predicted octanol–water partition coefficient (Wildman–Crippen LogP) is 3.44. The van der Waals surface area contributed by atoms with Crippen LogP contribution in [0.3, 0.4) is 0 Å². The Balaban J connectivity index is 1.76. The van der Waals surface area contributed by atoms with Crippen LogP contribution in [0.25, 0.3) is 0 Å². The number of anilines is 1. The molecular formula is C22H31N5O3. The van der Waals surface area contributed by atoms with Gasteiger partial charge >= 0.3 is 6.09 Å². The molecule has 3 rings (SSSR count). The van der Waals surface area contributed by atoms with Crippen molar-refractivity contribution in [1.82, 2.24) is 20.0 Å². The van der Waals surface area contributed by atoms with Gasteiger partial charge in [-0.25, -0.2) is 4.79 Å². The molecule has 0 bridgehead atoms. The lowest BCUT2D eigenvalue weighted by Gasteiger charge is -2.33. The van der Waals surface area contributed by atoms with Crippen molar-refractivity contribution in [3.8, 4) is 0 Å². The highest BCUT2D eigenvalue weighted by Gasteiger charge is 2.45. The molecule has 0 spiro atoms. The maximum absolute atomic E-state index is 13.0. The van der Waals surface area contributed by atoms with Crippen LogP contribution in [0.15, 0.2) is 30.3 Å². The topological polar surface area (TPSA) is 90.6 Å². The number of carbonyl (C=O) groups is 2. The van der Waals surface area contributed by atoms with E-state index in [-0.39, 0.29) is 24.0 Å². The van der Waals surface area contributed by atoms with Gasteiger partial charge in [0.05, 0.1) is 17.8 Å². The van der Waals surface area contributed by atoms with Crippen LogP contribution in [0, 0.1) is 5.92 Å². The van der Waals surface area contributed by atoms with Gasteiger partial charge in [-0.2, -0.15) is 5.10 Å². The molecule has 1 aromatic heterocycles. The van der Waals surface area contributed by atoms with Crippen molar-refractivity contribution in [2.75, 3.05) is 26.0 Å². The minimum atomic E-state index is -0.630. The fourth-order valence-electron chi connectivity index (χ4n) is 3.62. The van der Waals surface area contributed by atoms with Crippen molar-refractivity contribution >= 4 is 17.8 Å². The first-order valence-corrected chi connectivity index (χ1v) is 10.2. The summed E-state index contributed by atoms with van der Waals surface area (Å²) in [7, 11) is 3.92. The van der Waals surface area contributed by atoms with Crippen molar-refractivity contribution < 1.29 is 14.3 Å². The number of nitrogens with one attached hydrogen (secondary N) is 2. The smallest absolute Gasteiger partial charge is 0.411 e. The molecular weight excluding hydrogens is 382 g/mol. The molecule has 0 saturated carbocycles. The molecule has 1 aliphatic rings. The zero-order chi connectivity index (χ0) is 22.1. The molecule has 30 heavy (non-hydrogen) atoms. The summed E-state index contributed by atoms with van der Waals surface area (Å²) < 4.78 is 5.86. The van der Waals surface area contributed by atoms with E-state index in [9.17, 15) is 9.59 Å². The molecule has 2 heterocycles. The first kappa shape index (κ1) is 21.8. The quantitative estimate of drug-likeness (QED) is 0.757. The third-order valence-corrected chi connectivity index (χ3v) is 5.50. The van der Waals surface area contributed by atoms with E-state index in [2.05, 4.69) is 15.5 Å². The third kappa shape index (κ3) is 4.33. The molecule has 8 heteroatoms. The number of benzene rings is 1. The number of fused-ring (bicyclic) bond motifs is 1. The molecule has 162 valence electrons. The number of ether oxygens (including phenoxy) is 1. The van der Waals surface area contributed by atoms with E-state index < -0.39 is 5.54 Å². The normalized spacial score (nSPS) is 15.9. The van der Waals surface area contributed by atoms with Gasteiger partial charge in [-0.05, 0) is 46.0 Å². The van der Waals surface area contributed by atoms with Gasteiger partial charge in [0.2, 0.25) is 0 Å². The maximum Gasteiger partial charge on any atom is 0.411 e. The molecule has 2 aromatic rings. The Morgan fingerprint density at radius 3 is 2.53 bits per heavy atom. The molecule has 1 aliphatic heterocycles. The molecule has 0 saturated heterocycles. The predicted molar refractivity (Wildman–Crippen MR) is 115 cm³/mol. The van der Waals surface area contributed by atoms with E-state index in [0.717, 1.165) is 11.3 Å². The van der Waals surface area contributed by atoms with Gasteiger partial charge in [-0.3, -0.25) is 14.8 Å². The monoisotopic (exact) mass is 413 g/mol. The highest BCUT2D eigenvalue weighted by molar-refractivity contribution is 6.04. The Hall–Kier alpha value is -2.87. The summed E-state index contributed by atoms with van der Waals surface area (Å²) in [6, 6.07) is 8.96. The lowest BCUT2D eigenvalue weighted by atomic mass is 10.0. The van der Waals surface area contributed by atoms with Crippen LogP contribution in [0.1, 0.15) is 49.3 Å². The SMILES string of the molecule is CC(C)C(CN(C)C)OC(=O)N1Cc2c(NC(=O)c3ccccc3)n[nH]c2C1(C)C. The molecule has 0 fully saturated rings. The Morgan fingerprint density at radius 1 is 1.27 bits per heavy atom. The highest BCUT2D eigenvalue weighted by atomic mass is 16.6. The Bertz CT molecular complexity index is 905. The van der Waals surface area contributed by atoms with Crippen LogP contribution in [-0.4, -0.2) is 58.7 Å². The fraction of sp³-hybridized carbons (Fsp3) is 0.500. The lowest BCUT2D eigenvalue weighted by molar-refractivity contribution is 0.00973. The summed E-state index contributed by atoms with van der Waals surface area (Å²) in [6.45, 7) is 8.94. The van der Waals surface area contributed by atoms with E-state index in [0.29, 0.717) is 24.5 Å². The van der Waals surface area contributed by atoms with Gasteiger partial charge < -0.3 is 15.0 Å². The number of carbonyl (C=O) groups excluding carboxylic acids is 2. The Morgan fingerprint density at radius 2 is 1.93 bits per heavy atom. The average Bonchev–Trinajstić information content (AvgIpc) is 3.20. The number of hydrogen-bond donors (Lipinski definition) is 2. The van der Waals surface area contributed by atoms with Gasteiger partial charge in [0.1, 0.15) is 6.10 Å². The van der Waals surface area contributed by atoms with Crippen LogP contribution in [0.2, 0.25) is 0 Å². The van der Waals surface area contributed by atoms with Gasteiger partial charge in [-0.15, -0.1) is 0 Å². The summed E-state index contributed by atoms with van der Waals surface area (Å²) in [4.78, 5) is 29.3. The summed E-state index contributed by atoms with van der Waals surface area (Å²) in [5, 5.41) is 10.1. The molecule has 2 amide bonds.